The monoisotopic (exact) mass is 293 g/mol. The van der Waals surface area contributed by atoms with Crippen molar-refractivity contribution in [2.24, 2.45) is 0 Å². The van der Waals surface area contributed by atoms with Crippen molar-refractivity contribution < 1.29 is 14.2 Å². The van der Waals surface area contributed by atoms with Gasteiger partial charge in [0.05, 0.1) is 17.7 Å². The molecule has 1 fully saturated rings. The number of rotatable bonds is 6. The maximum absolute atomic E-state index is 5.98. The zero-order valence-electron chi connectivity index (χ0n) is 13.5. The highest BCUT2D eigenvalue weighted by Gasteiger charge is 2.41. The number of nitrogens with one attached hydrogen (secondary N) is 1. The van der Waals surface area contributed by atoms with Crippen molar-refractivity contribution in [1.82, 2.24) is 5.32 Å². The van der Waals surface area contributed by atoms with Crippen LogP contribution in [0.2, 0.25) is 0 Å². The Morgan fingerprint density at radius 2 is 1.86 bits per heavy atom. The first-order valence-corrected chi connectivity index (χ1v) is 7.68. The van der Waals surface area contributed by atoms with E-state index in [1.807, 2.05) is 33.0 Å². The van der Waals surface area contributed by atoms with E-state index in [2.05, 4.69) is 17.4 Å². The molecule has 2 rings (SSSR count). The van der Waals surface area contributed by atoms with Crippen LogP contribution in [0.5, 0.6) is 5.75 Å². The molecule has 0 spiro atoms. The summed E-state index contributed by atoms with van der Waals surface area (Å²) in [7, 11) is 3.77. The van der Waals surface area contributed by atoms with Crippen LogP contribution in [0.15, 0.2) is 24.3 Å². The molecule has 21 heavy (non-hydrogen) atoms. The number of methoxy groups -OCH3 is 1. The second-order valence-electron chi connectivity index (χ2n) is 5.81. The summed E-state index contributed by atoms with van der Waals surface area (Å²) >= 11 is 0. The zero-order valence-corrected chi connectivity index (χ0v) is 13.5. The number of para-hydroxylation sites is 1. The molecule has 0 radical (unpaired) electrons. The van der Waals surface area contributed by atoms with E-state index < -0.39 is 0 Å². The lowest BCUT2D eigenvalue weighted by molar-refractivity contribution is -0.111. The lowest BCUT2D eigenvalue weighted by Gasteiger charge is -2.42. The summed E-state index contributed by atoms with van der Waals surface area (Å²) in [6, 6.07) is 8.30. The maximum atomic E-state index is 5.98. The first kappa shape index (κ1) is 16.3. The van der Waals surface area contributed by atoms with Gasteiger partial charge in [0.1, 0.15) is 5.75 Å². The molecule has 1 aromatic carbocycles. The van der Waals surface area contributed by atoms with Gasteiger partial charge in [-0.1, -0.05) is 18.2 Å². The molecule has 118 valence electrons. The second-order valence-corrected chi connectivity index (χ2v) is 5.81. The van der Waals surface area contributed by atoms with E-state index in [0.29, 0.717) is 0 Å². The van der Waals surface area contributed by atoms with E-state index in [1.165, 1.54) is 0 Å². The fourth-order valence-electron chi connectivity index (χ4n) is 3.11. The van der Waals surface area contributed by atoms with E-state index >= 15 is 0 Å². The van der Waals surface area contributed by atoms with Crippen molar-refractivity contribution in [3.05, 3.63) is 29.8 Å². The molecule has 1 unspecified atom stereocenters. The molecule has 1 aliphatic rings. The minimum Gasteiger partial charge on any atom is -0.491 e. The minimum atomic E-state index is -0.247. The molecule has 4 heteroatoms. The van der Waals surface area contributed by atoms with Gasteiger partial charge < -0.3 is 19.5 Å². The highest BCUT2D eigenvalue weighted by atomic mass is 16.5. The van der Waals surface area contributed by atoms with Crippen LogP contribution in [0.4, 0.5) is 0 Å². The van der Waals surface area contributed by atoms with Crippen molar-refractivity contribution in [3.8, 4) is 5.75 Å². The standard InChI is InChI=1S/C17H27NO3/c1-13(2)21-15-8-6-5-7-14(15)16(18-3)17(19-4)9-11-20-12-10-17/h5-8,13,16,18H,9-12H2,1-4H3. The van der Waals surface area contributed by atoms with Crippen LogP contribution >= 0.6 is 0 Å². The number of hydrogen-bond donors (Lipinski definition) is 1. The third kappa shape index (κ3) is 3.57. The van der Waals surface area contributed by atoms with Crippen LogP contribution in [-0.2, 0) is 9.47 Å². The molecule has 1 atom stereocenters. The van der Waals surface area contributed by atoms with Crippen molar-refractivity contribution >= 4 is 0 Å². The van der Waals surface area contributed by atoms with E-state index in [4.69, 9.17) is 14.2 Å². The highest BCUT2D eigenvalue weighted by Crippen LogP contribution is 2.40. The van der Waals surface area contributed by atoms with E-state index in [0.717, 1.165) is 37.4 Å². The van der Waals surface area contributed by atoms with Gasteiger partial charge in [-0.05, 0) is 27.0 Å². The first-order chi connectivity index (χ1) is 10.1. The smallest absolute Gasteiger partial charge is 0.124 e. The van der Waals surface area contributed by atoms with E-state index in [-0.39, 0.29) is 17.7 Å². The molecule has 1 N–H and O–H groups in total. The summed E-state index contributed by atoms with van der Waals surface area (Å²) in [4.78, 5) is 0. The average molecular weight is 293 g/mol. The minimum absolute atomic E-state index is 0.0846. The lowest BCUT2D eigenvalue weighted by atomic mass is 9.81. The van der Waals surface area contributed by atoms with Gasteiger partial charge in [0.2, 0.25) is 0 Å². The molecule has 0 saturated carbocycles. The van der Waals surface area contributed by atoms with Gasteiger partial charge >= 0.3 is 0 Å². The molecule has 0 aliphatic carbocycles. The van der Waals surface area contributed by atoms with Gasteiger partial charge in [0.15, 0.2) is 0 Å². The summed E-state index contributed by atoms with van der Waals surface area (Å²) in [6.07, 6.45) is 1.91. The largest absolute Gasteiger partial charge is 0.491 e. The van der Waals surface area contributed by atoms with Crippen LogP contribution in [-0.4, -0.2) is 39.1 Å². The van der Waals surface area contributed by atoms with Crippen molar-refractivity contribution in [1.29, 1.82) is 0 Å². The number of ether oxygens (including phenoxy) is 3. The Balaban J connectivity index is 2.36. The molecule has 0 bridgehead atoms. The highest BCUT2D eigenvalue weighted by molar-refractivity contribution is 5.38. The molecule has 0 aromatic heterocycles. The van der Waals surface area contributed by atoms with Crippen LogP contribution in [0.1, 0.15) is 38.3 Å². The predicted molar refractivity (Wildman–Crippen MR) is 83.8 cm³/mol. The predicted octanol–water partition coefficient (Wildman–Crippen LogP) is 2.93. The normalized spacial score (nSPS) is 19.5. The Hall–Kier alpha value is -1.10. The van der Waals surface area contributed by atoms with Crippen LogP contribution in [0, 0.1) is 0 Å². The third-order valence-corrected chi connectivity index (χ3v) is 4.15. The van der Waals surface area contributed by atoms with E-state index in [9.17, 15) is 0 Å². The zero-order chi connectivity index (χ0) is 15.3. The summed E-state index contributed by atoms with van der Waals surface area (Å²) in [5.74, 6) is 0.926. The Morgan fingerprint density at radius 1 is 1.19 bits per heavy atom. The van der Waals surface area contributed by atoms with Crippen molar-refractivity contribution in [2.75, 3.05) is 27.4 Å². The van der Waals surface area contributed by atoms with Gasteiger partial charge in [0, 0.05) is 38.7 Å². The summed E-state index contributed by atoms with van der Waals surface area (Å²) < 4.78 is 17.4. The van der Waals surface area contributed by atoms with Gasteiger partial charge in [-0.3, -0.25) is 0 Å². The number of benzene rings is 1. The topological polar surface area (TPSA) is 39.7 Å². The summed E-state index contributed by atoms with van der Waals surface area (Å²) in [6.45, 7) is 5.57. The van der Waals surface area contributed by atoms with Crippen LogP contribution < -0.4 is 10.1 Å². The Morgan fingerprint density at radius 3 is 2.43 bits per heavy atom. The number of likely N-dealkylation sites (N-methyl/N-ethyl adjacent to an activating group) is 1. The van der Waals surface area contributed by atoms with Crippen LogP contribution in [0.3, 0.4) is 0 Å². The molecule has 0 amide bonds. The molecule has 4 nitrogen and oxygen atoms in total. The fourth-order valence-corrected chi connectivity index (χ4v) is 3.11. The molecular formula is C17H27NO3. The van der Waals surface area contributed by atoms with Gasteiger partial charge in [-0.2, -0.15) is 0 Å². The Kier molecular flexibility index (Phi) is 5.62. The van der Waals surface area contributed by atoms with Gasteiger partial charge in [-0.25, -0.2) is 0 Å². The van der Waals surface area contributed by atoms with Crippen LogP contribution in [0.25, 0.3) is 0 Å². The van der Waals surface area contributed by atoms with Gasteiger partial charge in [0.25, 0.3) is 0 Å². The van der Waals surface area contributed by atoms with Crippen molar-refractivity contribution in [3.63, 3.8) is 0 Å². The quantitative estimate of drug-likeness (QED) is 0.875. The second kappa shape index (κ2) is 7.25. The Labute approximate surface area is 127 Å². The first-order valence-electron chi connectivity index (χ1n) is 7.68. The maximum Gasteiger partial charge on any atom is 0.124 e. The summed E-state index contributed by atoms with van der Waals surface area (Å²) in [5, 5.41) is 3.43. The molecule has 1 aromatic rings. The SMILES string of the molecule is CNC(c1ccccc1OC(C)C)C1(OC)CCOCC1. The van der Waals surface area contributed by atoms with Gasteiger partial charge in [-0.15, -0.1) is 0 Å². The number of hydrogen-bond acceptors (Lipinski definition) is 4. The molecular weight excluding hydrogens is 266 g/mol. The fraction of sp³-hybridized carbons (Fsp3) is 0.647. The third-order valence-electron chi connectivity index (χ3n) is 4.15. The average Bonchev–Trinajstić information content (AvgIpc) is 2.50. The molecule has 1 saturated heterocycles. The lowest BCUT2D eigenvalue weighted by Crippen LogP contribution is -2.48. The Bertz CT molecular complexity index is 441. The molecule has 1 aliphatic heterocycles. The summed E-state index contributed by atoms with van der Waals surface area (Å²) in [5.41, 5.74) is 0.904. The van der Waals surface area contributed by atoms with E-state index in [1.54, 1.807) is 7.11 Å². The molecule has 1 heterocycles. The van der Waals surface area contributed by atoms with Crippen molar-refractivity contribution in [2.45, 2.75) is 44.4 Å².